The number of hydrogen-bond donors (Lipinski definition) is 1. The molecule has 42 heavy (non-hydrogen) atoms. The van der Waals surface area contributed by atoms with Gasteiger partial charge in [-0.2, -0.15) is 10.2 Å². The summed E-state index contributed by atoms with van der Waals surface area (Å²) in [5.41, 5.74) is 1.79. The van der Waals surface area contributed by atoms with Gasteiger partial charge in [0.1, 0.15) is 11.8 Å². The molecule has 0 saturated heterocycles. The lowest BCUT2D eigenvalue weighted by atomic mass is 10.1. The Morgan fingerprint density at radius 2 is 1.21 bits per heavy atom. The second-order valence-corrected chi connectivity index (χ2v) is 11.5. The number of benzene rings is 2. The van der Waals surface area contributed by atoms with E-state index in [1.165, 1.54) is 64.2 Å². The normalized spacial score (nSPS) is 11.9. The lowest BCUT2D eigenvalue weighted by Gasteiger charge is -2.13. The van der Waals surface area contributed by atoms with E-state index in [0.717, 1.165) is 49.1 Å². The van der Waals surface area contributed by atoms with Crippen LogP contribution in [-0.4, -0.2) is 36.5 Å². The third-order valence-corrected chi connectivity index (χ3v) is 7.55. The van der Waals surface area contributed by atoms with Gasteiger partial charge in [0.2, 0.25) is 0 Å². The number of nitrogens with one attached hydrogen (secondary N) is 1. The van der Waals surface area contributed by atoms with E-state index in [4.69, 9.17) is 9.47 Å². The summed E-state index contributed by atoms with van der Waals surface area (Å²) in [4.78, 5) is 24.8. The van der Waals surface area contributed by atoms with E-state index >= 15 is 0 Å². The van der Waals surface area contributed by atoms with Gasteiger partial charge in [-0.15, -0.1) is 0 Å². The molecule has 1 amide bonds. The van der Waals surface area contributed by atoms with Gasteiger partial charge < -0.3 is 14.8 Å². The van der Waals surface area contributed by atoms with Crippen molar-refractivity contribution < 1.29 is 19.1 Å². The molecule has 0 aromatic heterocycles. The average molecular weight is 645 g/mol. The molecule has 0 aliphatic heterocycles. The van der Waals surface area contributed by atoms with E-state index in [1.54, 1.807) is 31.2 Å². The quantitative estimate of drug-likeness (QED) is 0.0564. The maximum atomic E-state index is 12.6. The lowest BCUT2D eigenvalue weighted by Crippen LogP contribution is -2.39. The Kier molecular flexibility index (Phi) is 19.3. The molecule has 8 heteroatoms. The molecule has 232 valence electrons. The highest BCUT2D eigenvalue weighted by molar-refractivity contribution is 9.09. The highest BCUT2D eigenvalue weighted by Crippen LogP contribution is 2.22. The van der Waals surface area contributed by atoms with Gasteiger partial charge in [-0.1, -0.05) is 93.5 Å². The Labute approximate surface area is 261 Å². The van der Waals surface area contributed by atoms with Crippen LogP contribution in [0.4, 0.5) is 11.4 Å². The molecule has 0 saturated carbocycles. The number of azo groups is 1. The lowest BCUT2D eigenvalue weighted by molar-refractivity contribution is -0.145. The molecule has 7 nitrogen and oxygen atoms in total. The van der Waals surface area contributed by atoms with Crippen molar-refractivity contribution in [3.05, 3.63) is 54.1 Å². The van der Waals surface area contributed by atoms with E-state index in [2.05, 4.69) is 38.4 Å². The van der Waals surface area contributed by atoms with Crippen LogP contribution in [0.5, 0.6) is 5.75 Å². The number of amides is 1. The Hall–Kier alpha value is -2.74. The minimum Gasteiger partial charge on any atom is -0.494 e. The van der Waals surface area contributed by atoms with Crippen LogP contribution in [-0.2, 0) is 9.53 Å². The summed E-state index contributed by atoms with van der Waals surface area (Å²) < 4.78 is 11.2. The van der Waals surface area contributed by atoms with Gasteiger partial charge in [0, 0.05) is 10.9 Å². The van der Waals surface area contributed by atoms with Gasteiger partial charge in [-0.05, 0) is 74.7 Å². The van der Waals surface area contributed by atoms with Crippen LogP contribution in [0.15, 0.2) is 58.8 Å². The molecule has 0 aliphatic rings. The van der Waals surface area contributed by atoms with Crippen LogP contribution >= 0.6 is 15.9 Å². The van der Waals surface area contributed by atoms with Crippen LogP contribution in [0.2, 0.25) is 0 Å². The molecule has 2 rings (SSSR count). The monoisotopic (exact) mass is 643 g/mol. The summed E-state index contributed by atoms with van der Waals surface area (Å²) in [5.74, 6) is 0.0830. The maximum absolute atomic E-state index is 12.6. The van der Waals surface area contributed by atoms with Crippen molar-refractivity contribution in [2.75, 3.05) is 18.5 Å². The van der Waals surface area contributed by atoms with Gasteiger partial charge in [-0.25, -0.2) is 4.79 Å². The number of hydrogen-bond acceptors (Lipinski definition) is 6. The third kappa shape index (κ3) is 16.0. The van der Waals surface area contributed by atoms with E-state index < -0.39 is 12.0 Å². The van der Waals surface area contributed by atoms with Crippen molar-refractivity contribution in [1.29, 1.82) is 0 Å². The summed E-state index contributed by atoms with van der Waals surface area (Å²) in [6.07, 6.45) is 16.9. The first-order valence-corrected chi connectivity index (χ1v) is 16.9. The van der Waals surface area contributed by atoms with Crippen LogP contribution in [0.1, 0.15) is 114 Å². The van der Waals surface area contributed by atoms with Gasteiger partial charge in [0.05, 0.1) is 24.6 Å². The third-order valence-electron chi connectivity index (χ3n) is 6.99. The first kappa shape index (κ1) is 35.5. The smallest absolute Gasteiger partial charge is 0.328 e. The number of carbonyl (C=O) groups excluding carboxylic acids is 2. The molecule has 2 aromatic carbocycles. The van der Waals surface area contributed by atoms with Gasteiger partial charge in [-0.3, -0.25) is 4.79 Å². The first-order valence-electron chi connectivity index (χ1n) is 15.8. The minimum absolute atomic E-state index is 0.334. The number of unbranched alkanes of at least 4 members (excludes halogenated alkanes) is 12. The zero-order valence-corrected chi connectivity index (χ0v) is 27.2. The molecular weight excluding hydrogens is 594 g/mol. The predicted molar refractivity (Wildman–Crippen MR) is 175 cm³/mol. The van der Waals surface area contributed by atoms with Gasteiger partial charge in [0.25, 0.3) is 5.91 Å². The van der Waals surface area contributed by atoms with Crippen molar-refractivity contribution in [2.24, 2.45) is 10.2 Å². The predicted octanol–water partition coefficient (Wildman–Crippen LogP) is 10.0. The molecule has 0 bridgehead atoms. The fourth-order valence-corrected chi connectivity index (χ4v) is 4.77. The number of carbonyl (C=O) groups is 2. The molecule has 0 radical (unpaired) electrons. The Balaban J connectivity index is 1.65. The number of nitrogens with zero attached hydrogens (tertiary/aromatic N) is 2. The zero-order valence-electron chi connectivity index (χ0n) is 25.6. The van der Waals surface area contributed by atoms with Gasteiger partial charge >= 0.3 is 5.97 Å². The molecule has 2 aromatic rings. The number of esters is 1. The largest absolute Gasteiger partial charge is 0.494 e. The van der Waals surface area contributed by atoms with Crippen molar-refractivity contribution in [3.8, 4) is 5.75 Å². The molecule has 1 N–H and O–H groups in total. The fraction of sp³-hybridized carbons (Fsp3) is 0.588. The summed E-state index contributed by atoms with van der Waals surface area (Å²) in [6, 6.07) is 13.6. The summed E-state index contributed by atoms with van der Waals surface area (Å²) in [5, 5.41) is 12.4. The number of alkyl halides is 1. The van der Waals surface area contributed by atoms with Crippen molar-refractivity contribution in [2.45, 2.75) is 110 Å². The van der Waals surface area contributed by atoms with E-state index in [9.17, 15) is 9.59 Å². The first-order chi connectivity index (χ1) is 20.5. The molecule has 0 heterocycles. The molecule has 0 fully saturated rings. The average Bonchev–Trinajstić information content (AvgIpc) is 3.01. The molecule has 0 unspecified atom stereocenters. The number of ether oxygens (including phenoxy) is 2. The standard InChI is InChI=1S/C34H50BrN3O4/c1-3-4-5-6-12-16-27-42-34(40)28(2)36-33(39)29-17-19-30(20-18-29)37-38-31-21-23-32(24-22-31)41-26-15-13-10-8-7-9-11-14-25-35/h17-24,28H,3-16,25-27H2,1-2H3,(H,36,39)/t28-/m0/s1. The highest BCUT2D eigenvalue weighted by atomic mass is 79.9. The summed E-state index contributed by atoms with van der Waals surface area (Å²) in [6.45, 7) is 4.94. The topological polar surface area (TPSA) is 89.3 Å². The van der Waals surface area contributed by atoms with E-state index in [0.29, 0.717) is 17.9 Å². The summed E-state index contributed by atoms with van der Waals surface area (Å²) in [7, 11) is 0. The Morgan fingerprint density at radius 1 is 0.714 bits per heavy atom. The summed E-state index contributed by atoms with van der Waals surface area (Å²) >= 11 is 3.48. The Bertz CT molecular complexity index is 1030. The van der Waals surface area contributed by atoms with Gasteiger partial charge in [0.15, 0.2) is 0 Å². The molecule has 0 aliphatic carbocycles. The van der Waals surface area contributed by atoms with Crippen LogP contribution < -0.4 is 10.1 Å². The Morgan fingerprint density at radius 3 is 1.79 bits per heavy atom. The molecule has 0 spiro atoms. The molecular formula is C34H50BrN3O4. The second-order valence-electron chi connectivity index (χ2n) is 10.7. The van der Waals surface area contributed by atoms with Crippen LogP contribution in [0, 0.1) is 0 Å². The highest BCUT2D eigenvalue weighted by Gasteiger charge is 2.17. The van der Waals surface area contributed by atoms with Crippen LogP contribution in [0.25, 0.3) is 0 Å². The van der Waals surface area contributed by atoms with Crippen LogP contribution in [0.3, 0.4) is 0 Å². The van der Waals surface area contributed by atoms with E-state index in [-0.39, 0.29) is 5.91 Å². The SMILES string of the molecule is CCCCCCCCOC(=O)[C@H](C)NC(=O)c1ccc(N=Nc2ccc(OCCCCCCCCCCBr)cc2)cc1. The van der Waals surface area contributed by atoms with E-state index in [1.807, 2.05) is 24.3 Å². The second kappa shape index (κ2) is 22.8. The van der Waals surface area contributed by atoms with Crippen molar-refractivity contribution >= 4 is 39.2 Å². The number of rotatable bonds is 23. The van der Waals surface area contributed by atoms with Crippen molar-refractivity contribution in [1.82, 2.24) is 5.32 Å². The minimum atomic E-state index is -0.715. The zero-order chi connectivity index (χ0) is 30.3. The number of halogens is 1. The van der Waals surface area contributed by atoms with Crippen molar-refractivity contribution in [3.63, 3.8) is 0 Å². The fourth-order valence-electron chi connectivity index (χ4n) is 4.37. The maximum Gasteiger partial charge on any atom is 0.328 e. The molecule has 1 atom stereocenters.